The zero-order valence-corrected chi connectivity index (χ0v) is 18.2. The van der Waals surface area contributed by atoms with E-state index in [1.807, 2.05) is 0 Å². The molecule has 2 aromatic carbocycles. The summed E-state index contributed by atoms with van der Waals surface area (Å²) in [4.78, 5) is 0. The molecule has 0 radical (unpaired) electrons. The van der Waals surface area contributed by atoms with Crippen LogP contribution in [0.3, 0.4) is 0 Å². The van der Waals surface area contributed by atoms with Crippen molar-refractivity contribution in [2.24, 2.45) is 0 Å². The second kappa shape index (κ2) is 8.41. The first-order valence-corrected chi connectivity index (χ1v) is 19.2. The van der Waals surface area contributed by atoms with Gasteiger partial charge in [-0.3, -0.25) is 0 Å². The molecule has 0 bridgehead atoms. The van der Waals surface area contributed by atoms with E-state index in [4.69, 9.17) is 0 Å². The van der Waals surface area contributed by atoms with Gasteiger partial charge in [0.15, 0.2) is 0 Å². The Morgan fingerprint density at radius 2 is 1.16 bits per heavy atom. The van der Waals surface area contributed by atoms with Crippen molar-refractivity contribution in [1.82, 2.24) is 0 Å². The Hall–Kier alpha value is 0.948. The Labute approximate surface area is 142 Å². The minimum atomic E-state index is -0.836. The zero-order chi connectivity index (χ0) is 13.6. The van der Waals surface area contributed by atoms with Gasteiger partial charge in [0, 0.05) is 0 Å². The third-order valence-corrected chi connectivity index (χ3v) is 31.9. The van der Waals surface area contributed by atoms with Gasteiger partial charge in [0.05, 0.1) is 0 Å². The SMILES string of the molecule is [Se]=P([SeH])([Se]Cc1ccccc1)[Se]Cc1ccccc1. The second-order valence-corrected chi connectivity index (χ2v) is 46.4. The quantitative estimate of drug-likeness (QED) is 0.398. The van der Waals surface area contributed by atoms with Crippen molar-refractivity contribution in [3.63, 3.8) is 0 Å². The molecule has 100 valence electrons. The summed E-state index contributed by atoms with van der Waals surface area (Å²) < 4.78 is -0.836. The molecule has 0 aliphatic carbocycles. The Kier molecular flexibility index (Phi) is 7.22. The fourth-order valence-electron chi connectivity index (χ4n) is 1.50. The molecule has 0 saturated heterocycles. The molecule has 0 heterocycles. The van der Waals surface area contributed by atoms with E-state index in [0.29, 0.717) is 29.0 Å². The molecule has 19 heavy (non-hydrogen) atoms. The van der Waals surface area contributed by atoms with E-state index in [1.54, 1.807) is 0 Å². The van der Waals surface area contributed by atoms with Gasteiger partial charge in [-0.25, -0.2) is 0 Å². The molecule has 0 amide bonds. The zero-order valence-electron chi connectivity index (χ0n) is 10.3. The Morgan fingerprint density at radius 1 is 0.789 bits per heavy atom. The normalized spacial score (nSPS) is 11.4. The van der Waals surface area contributed by atoms with Gasteiger partial charge in [-0.05, 0) is 0 Å². The first-order valence-electron chi connectivity index (χ1n) is 5.85. The number of benzene rings is 2. The van der Waals surface area contributed by atoms with Crippen LogP contribution in [0.1, 0.15) is 11.1 Å². The molecule has 0 unspecified atom stereocenters. The van der Waals surface area contributed by atoms with E-state index >= 15 is 0 Å². The monoisotopic (exact) mass is 534 g/mol. The van der Waals surface area contributed by atoms with Gasteiger partial charge < -0.3 is 0 Å². The summed E-state index contributed by atoms with van der Waals surface area (Å²) in [5.74, 6) is 0. The van der Waals surface area contributed by atoms with Crippen LogP contribution in [0, 0.1) is 0 Å². The molecule has 0 N–H and O–H groups in total. The van der Waals surface area contributed by atoms with Gasteiger partial charge in [-0.1, -0.05) is 0 Å². The van der Waals surface area contributed by atoms with Crippen molar-refractivity contribution in [3.8, 4) is 0 Å². The van der Waals surface area contributed by atoms with Gasteiger partial charge in [0.25, 0.3) is 0 Å². The second-order valence-electron chi connectivity index (χ2n) is 3.99. The maximum atomic E-state index is 3.53. The molecule has 2 aromatic rings. The van der Waals surface area contributed by atoms with E-state index in [9.17, 15) is 0 Å². The number of rotatable bonds is 6. The van der Waals surface area contributed by atoms with Crippen molar-refractivity contribution in [2.75, 3.05) is 0 Å². The van der Waals surface area contributed by atoms with Crippen molar-refractivity contribution in [3.05, 3.63) is 71.8 Å². The van der Waals surface area contributed by atoms with Crippen LogP contribution in [0.15, 0.2) is 60.7 Å². The fraction of sp³-hybridized carbons (Fsp3) is 0.143. The molecule has 5 heteroatoms. The van der Waals surface area contributed by atoms with Gasteiger partial charge in [-0.15, -0.1) is 0 Å². The third-order valence-electron chi connectivity index (χ3n) is 2.47. The van der Waals surface area contributed by atoms with Gasteiger partial charge in [-0.2, -0.15) is 0 Å². The van der Waals surface area contributed by atoms with Crippen LogP contribution in [0.5, 0.6) is 0 Å². The molecule has 0 aliphatic heterocycles. The molecule has 0 fully saturated rings. The van der Waals surface area contributed by atoms with Crippen LogP contribution in [-0.4, -0.2) is 59.7 Å². The van der Waals surface area contributed by atoms with Crippen LogP contribution in [-0.2, 0) is 10.6 Å². The van der Waals surface area contributed by atoms with Crippen molar-refractivity contribution >= 4 is 61.3 Å². The van der Waals surface area contributed by atoms with E-state index in [0.717, 1.165) is 0 Å². The first kappa shape index (κ1) is 16.3. The number of hydrogen-bond acceptors (Lipinski definition) is 0. The van der Waals surface area contributed by atoms with Crippen LogP contribution in [0.4, 0.5) is 0 Å². The molecule has 0 aliphatic rings. The third kappa shape index (κ3) is 6.49. The van der Waals surface area contributed by atoms with Crippen molar-refractivity contribution in [1.29, 1.82) is 0 Å². The van der Waals surface area contributed by atoms with Crippen LogP contribution < -0.4 is 0 Å². The predicted molar refractivity (Wildman–Crippen MR) is 91.6 cm³/mol. The van der Waals surface area contributed by atoms with Crippen LogP contribution >= 0.6 is 1.58 Å². The summed E-state index contributed by atoms with van der Waals surface area (Å²) in [7, 11) is 0. The van der Waals surface area contributed by atoms with Crippen molar-refractivity contribution < 1.29 is 0 Å². The summed E-state index contributed by atoms with van der Waals surface area (Å²) in [6.07, 6.45) is 0. The molecule has 0 aromatic heterocycles. The summed E-state index contributed by atoms with van der Waals surface area (Å²) in [6, 6.07) is 21.8. The summed E-state index contributed by atoms with van der Waals surface area (Å²) in [5.41, 5.74) is 2.98. The Balaban J connectivity index is 1.84. The van der Waals surface area contributed by atoms with Crippen LogP contribution in [0.25, 0.3) is 0 Å². The molecule has 0 saturated carbocycles. The Bertz CT molecular complexity index is 494. The van der Waals surface area contributed by atoms with Gasteiger partial charge in [0.2, 0.25) is 0 Å². The number of hydrogen-bond donors (Lipinski definition) is 0. The standard InChI is InChI=1S/C14H15PSe4/c16-15(17,18-11-13-7-3-1-4-8-13)19-12-14-9-5-2-6-10-14/h1-10H,11-12H2,(H,16,17). The molecule has 0 spiro atoms. The summed E-state index contributed by atoms with van der Waals surface area (Å²) >= 11 is 7.96. The molecule has 0 atom stereocenters. The van der Waals surface area contributed by atoms with E-state index in [-0.39, 0.29) is 0 Å². The average molecular weight is 530 g/mol. The van der Waals surface area contributed by atoms with Crippen LogP contribution in [0.2, 0.25) is 0 Å². The average Bonchev–Trinajstić information content (AvgIpc) is 2.46. The van der Waals surface area contributed by atoms with E-state index in [2.05, 4.69) is 91.3 Å². The first-order chi connectivity index (χ1) is 9.16. The summed E-state index contributed by atoms with van der Waals surface area (Å²) in [6.45, 7) is 0. The Morgan fingerprint density at radius 3 is 1.53 bits per heavy atom. The van der Waals surface area contributed by atoms with E-state index in [1.165, 1.54) is 21.8 Å². The minimum absolute atomic E-state index is 0.711. The summed E-state index contributed by atoms with van der Waals surface area (Å²) in [5, 5.41) is 2.53. The van der Waals surface area contributed by atoms with E-state index < -0.39 is 1.58 Å². The fourth-order valence-corrected chi connectivity index (χ4v) is 20.5. The van der Waals surface area contributed by atoms with Gasteiger partial charge >= 0.3 is 144 Å². The van der Waals surface area contributed by atoms with Crippen molar-refractivity contribution in [2.45, 2.75) is 10.6 Å². The molecular weight excluding hydrogens is 515 g/mol. The molecular formula is C14H15PSe4. The topological polar surface area (TPSA) is 0 Å². The maximum absolute atomic E-state index is 3.53. The van der Waals surface area contributed by atoms with Gasteiger partial charge in [0.1, 0.15) is 0 Å². The predicted octanol–water partition coefficient (Wildman–Crippen LogP) is 2.54. The molecule has 0 nitrogen and oxygen atoms in total. The molecule has 2 rings (SSSR count).